The van der Waals surface area contributed by atoms with Crippen LogP contribution in [-0.2, 0) is 9.59 Å². The van der Waals surface area contributed by atoms with E-state index in [9.17, 15) is 14.9 Å². The molecule has 20 heavy (non-hydrogen) atoms. The van der Waals surface area contributed by atoms with Crippen LogP contribution < -0.4 is 10.6 Å². The van der Waals surface area contributed by atoms with Crippen molar-refractivity contribution in [2.24, 2.45) is 5.41 Å². The van der Waals surface area contributed by atoms with Crippen molar-refractivity contribution in [2.75, 3.05) is 6.54 Å². The number of hydrogen-bond donors (Lipinski definition) is 2. The monoisotopic (exact) mass is 279 g/mol. The quantitative estimate of drug-likeness (QED) is 0.774. The second-order valence-corrected chi connectivity index (χ2v) is 6.59. The first kappa shape index (κ1) is 16.5. The highest BCUT2D eigenvalue weighted by atomic mass is 16.2. The van der Waals surface area contributed by atoms with Crippen LogP contribution >= 0.6 is 0 Å². The maximum atomic E-state index is 12.3. The number of carbonyl (C=O) groups is 2. The summed E-state index contributed by atoms with van der Waals surface area (Å²) in [5.74, 6) is -0.529. The Morgan fingerprint density at radius 2 is 1.70 bits per heavy atom. The van der Waals surface area contributed by atoms with Gasteiger partial charge in [-0.15, -0.1) is 0 Å². The van der Waals surface area contributed by atoms with Gasteiger partial charge in [-0.2, -0.15) is 5.26 Å². The van der Waals surface area contributed by atoms with Gasteiger partial charge in [-0.1, -0.05) is 25.7 Å². The number of nitrogens with one attached hydrogen (secondary N) is 2. The molecule has 0 unspecified atom stereocenters. The van der Waals surface area contributed by atoms with Crippen molar-refractivity contribution in [1.29, 1.82) is 5.26 Å². The van der Waals surface area contributed by atoms with E-state index in [2.05, 4.69) is 16.7 Å². The van der Waals surface area contributed by atoms with E-state index in [4.69, 9.17) is 0 Å². The van der Waals surface area contributed by atoms with E-state index in [0.717, 1.165) is 25.7 Å². The zero-order valence-electron chi connectivity index (χ0n) is 12.7. The van der Waals surface area contributed by atoms with E-state index < -0.39 is 5.41 Å². The predicted octanol–water partition coefficient (Wildman–Crippen LogP) is 1.88. The van der Waals surface area contributed by atoms with E-state index >= 15 is 0 Å². The van der Waals surface area contributed by atoms with Crippen LogP contribution in [0, 0.1) is 16.7 Å². The SMILES string of the molecule is CC(C)(C)NC(=O)CNC(=O)C1(C#N)CCCCCC1. The summed E-state index contributed by atoms with van der Waals surface area (Å²) in [6.45, 7) is 5.58. The maximum Gasteiger partial charge on any atom is 0.240 e. The molecule has 0 saturated heterocycles. The molecule has 0 aromatic carbocycles. The number of carbonyl (C=O) groups excluding carboxylic acids is 2. The first-order valence-electron chi connectivity index (χ1n) is 7.30. The van der Waals surface area contributed by atoms with Gasteiger partial charge in [0.25, 0.3) is 0 Å². The minimum atomic E-state index is -0.946. The molecule has 0 atom stereocenters. The van der Waals surface area contributed by atoms with Crippen LogP contribution in [0.1, 0.15) is 59.3 Å². The highest BCUT2D eigenvalue weighted by molar-refractivity contribution is 5.89. The zero-order chi connectivity index (χ0) is 15.2. The molecule has 112 valence electrons. The molecule has 0 heterocycles. The van der Waals surface area contributed by atoms with Gasteiger partial charge in [0.1, 0.15) is 5.41 Å². The molecule has 1 saturated carbocycles. The summed E-state index contributed by atoms with van der Waals surface area (Å²) in [7, 11) is 0. The van der Waals surface area contributed by atoms with Gasteiger partial charge in [0.05, 0.1) is 12.6 Å². The van der Waals surface area contributed by atoms with E-state index in [0.29, 0.717) is 12.8 Å². The molecule has 1 rings (SSSR count). The number of hydrogen-bond acceptors (Lipinski definition) is 3. The lowest BCUT2D eigenvalue weighted by Gasteiger charge is -2.24. The van der Waals surface area contributed by atoms with E-state index in [-0.39, 0.29) is 23.9 Å². The van der Waals surface area contributed by atoms with Crippen molar-refractivity contribution in [3.05, 3.63) is 0 Å². The summed E-state index contributed by atoms with van der Waals surface area (Å²) in [4.78, 5) is 24.0. The molecule has 0 aromatic heterocycles. The summed E-state index contributed by atoms with van der Waals surface area (Å²) >= 11 is 0. The lowest BCUT2D eigenvalue weighted by Crippen LogP contribution is -2.48. The van der Waals surface area contributed by atoms with Crippen LogP contribution in [0.25, 0.3) is 0 Å². The third-order valence-corrected chi connectivity index (χ3v) is 3.53. The number of nitriles is 1. The topological polar surface area (TPSA) is 82.0 Å². The number of amides is 2. The smallest absolute Gasteiger partial charge is 0.240 e. The summed E-state index contributed by atoms with van der Waals surface area (Å²) in [5, 5.41) is 14.8. The molecule has 0 spiro atoms. The van der Waals surface area contributed by atoms with Gasteiger partial charge >= 0.3 is 0 Å². The lowest BCUT2D eigenvalue weighted by atomic mass is 9.81. The molecular formula is C15H25N3O2. The molecule has 2 N–H and O–H groups in total. The van der Waals surface area contributed by atoms with Gasteiger partial charge in [-0.05, 0) is 33.6 Å². The normalized spacial score (nSPS) is 18.5. The average molecular weight is 279 g/mol. The maximum absolute atomic E-state index is 12.3. The third-order valence-electron chi connectivity index (χ3n) is 3.53. The lowest BCUT2D eigenvalue weighted by molar-refractivity contribution is -0.131. The number of nitrogens with zero attached hydrogens (tertiary/aromatic N) is 1. The minimum absolute atomic E-state index is 0.0699. The molecule has 5 heteroatoms. The standard InChI is InChI=1S/C15H25N3O2/c1-14(2,3)18-12(19)10-17-13(20)15(11-16)8-6-4-5-7-9-15/h4-10H2,1-3H3,(H,17,20)(H,18,19). The molecule has 1 fully saturated rings. The summed E-state index contributed by atoms with van der Waals surface area (Å²) < 4.78 is 0. The average Bonchev–Trinajstić information content (AvgIpc) is 2.60. The predicted molar refractivity (Wildman–Crippen MR) is 76.7 cm³/mol. The Balaban J connectivity index is 2.56. The summed E-state index contributed by atoms with van der Waals surface area (Å²) in [6.07, 6.45) is 5.12. The van der Waals surface area contributed by atoms with Crippen molar-refractivity contribution in [3.63, 3.8) is 0 Å². The largest absolute Gasteiger partial charge is 0.350 e. The Morgan fingerprint density at radius 3 is 2.15 bits per heavy atom. The van der Waals surface area contributed by atoms with Crippen molar-refractivity contribution in [2.45, 2.75) is 64.8 Å². The number of rotatable bonds is 3. The van der Waals surface area contributed by atoms with Crippen LogP contribution in [-0.4, -0.2) is 23.9 Å². The Labute approximate surface area is 121 Å². The fourth-order valence-electron chi connectivity index (χ4n) is 2.51. The van der Waals surface area contributed by atoms with Gasteiger partial charge in [0.2, 0.25) is 11.8 Å². The van der Waals surface area contributed by atoms with E-state index in [1.54, 1.807) is 0 Å². The van der Waals surface area contributed by atoms with Gasteiger partial charge in [0, 0.05) is 5.54 Å². The molecule has 2 amide bonds. The van der Waals surface area contributed by atoms with Crippen molar-refractivity contribution < 1.29 is 9.59 Å². The Kier molecular flexibility index (Phi) is 5.55. The van der Waals surface area contributed by atoms with Crippen LogP contribution in [0.4, 0.5) is 0 Å². The first-order chi connectivity index (χ1) is 9.29. The Hall–Kier alpha value is -1.57. The molecule has 1 aliphatic rings. The molecular weight excluding hydrogens is 254 g/mol. The second kappa shape index (κ2) is 6.74. The van der Waals surface area contributed by atoms with Crippen LogP contribution in [0.2, 0.25) is 0 Å². The molecule has 0 radical (unpaired) electrons. The molecule has 0 aromatic rings. The highest BCUT2D eigenvalue weighted by Crippen LogP contribution is 2.34. The second-order valence-electron chi connectivity index (χ2n) is 6.59. The van der Waals surface area contributed by atoms with Crippen molar-refractivity contribution in [3.8, 4) is 6.07 Å². The Morgan fingerprint density at radius 1 is 1.15 bits per heavy atom. The highest BCUT2D eigenvalue weighted by Gasteiger charge is 2.38. The zero-order valence-corrected chi connectivity index (χ0v) is 12.7. The van der Waals surface area contributed by atoms with Crippen molar-refractivity contribution in [1.82, 2.24) is 10.6 Å². The summed E-state index contributed by atoms with van der Waals surface area (Å²) in [5.41, 5.74) is -1.27. The van der Waals surface area contributed by atoms with E-state index in [1.807, 2.05) is 20.8 Å². The fraction of sp³-hybridized carbons (Fsp3) is 0.800. The summed E-state index contributed by atoms with van der Waals surface area (Å²) in [6, 6.07) is 2.19. The van der Waals surface area contributed by atoms with Gasteiger partial charge in [-0.25, -0.2) is 0 Å². The van der Waals surface area contributed by atoms with Crippen LogP contribution in [0.3, 0.4) is 0 Å². The van der Waals surface area contributed by atoms with Gasteiger partial charge < -0.3 is 10.6 Å². The van der Waals surface area contributed by atoms with Gasteiger partial charge in [-0.3, -0.25) is 9.59 Å². The van der Waals surface area contributed by atoms with Crippen LogP contribution in [0.15, 0.2) is 0 Å². The fourth-order valence-corrected chi connectivity index (χ4v) is 2.51. The molecule has 5 nitrogen and oxygen atoms in total. The molecule has 0 bridgehead atoms. The van der Waals surface area contributed by atoms with Crippen molar-refractivity contribution >= 4 is 11.8 Å². The molecule has 1 aliphatic carbocycles. The third kappa shape index (κ3) is 4.84. The van der Waals surface area contributed by atoms with Gasteiger partial charge in [0.15, 0.2) is 0 Å². The Bertz CT molecular complexity index is 396. The first-order valence-corrected chi connectivity index (χ1v) is 7.30. The molecule has 0 aliphatic heterocycles. The van der Waals surface area contributed by atoms with E-state index in [1.165, 1.54) is 0 Å². The minimum Gasteiger partial charge on any atom is -0.350 e. The van der Waals surface area contributed by atoms with Crippen LogP contribution in [0.5, 0.6) is 0 Å².